The molecule has 0 aromatic heterocycles. The fourth-order valence-corrected chi connectivity index (χ4v) is 7.50. The van der Waals surface area contributed by atoms with Gasteiger partial charge in [0, 0.05) is 12.1 Å². The molecule has 1 saturated heterocycles. The predicted octanol–water partition coefficient (Wildman–Crippen LogP) is -0.594. The second kappa shape index (κ2) is 7.80. The predicted molar refractivity (Wildman–Crippen MR) is 93.0 cm³/mol. The molecule has 1 aromatic carbocycles. The third-order valence-corrected chi connectivity index (χ3v) is 8.27. The highest BCUT2D eigenvalue weighted by atomic mass is 32.2. The molecule has 1 fully saturated rings. The molecule has 9 nitrogen and oxygen atoms in total. The molecule has 26 heavy (non-hydrogen) atoms. The van der Waals surface area contributed by atoms with Gasteiger partial charge in [0.2, 0.25) is 0 Å². The van der Waals surface area contributed by atoms with Gasteiger partial charge in [-0.05, 0) is 12.1 Å². The number of sulfone groups is 2. The van der Waals surface area contributed by atoms with Crippen LogP contribution in [0.3, 0.4) is 0 Å². The zero-order chi connectivity index (χ0) is 19.5. The number of benzene rings is 1. The minimum atomic E-state index is -4.00. The molecule has 0 spiro atoms. The number of ether oxygens (including phenoxy) is 3. The summed E-state index contributed by atoms with van der Waals surface area (Å²) in [6.45, 7) is -0.283. The van der Waals surface area contributed by atoms with Crippen molar-refractivity contribution in [3.05, 3.63) is 18.2 Å². The number of rotatable bonds is 7. The molecular weight excluding hydrogens is 386 g/mol. The summed E-state index contributed by atoms with van der Waals surface area (Å²) < 4.78 is 64.7. The molecule has 0 aliphatic carbocycles. The molecule has 2 rings (SSSR count). The van der Waals surface area contributed by atoms with Crippen molar-refractivity contribution in [3.63, 3.8) is 0 Å². The number of carbonyl (C=O) groups is 1. The topological polar surface area (TPSA) is 125 Å². The number of methoxy groups -OCH3 is 3. The Balaban J connectivity index is 2.37. The minimum Gasteiger partial charge on any atom is -0.493 e. The van der Waals surface area contributed by atoms with Crippen LogP contribution in [0.15, 0.2) is 23.1 Å². The molecule has 1 aromatic rings. The van der Waals surface area contributed by atoms with E-state index in [4.69, 9.17) is 9.47 Å². The fraction of sp³-hybridized carbons (Fsp3) is 0.533. The maximum Gasteiger partial charge on any atom is 0.319 e. The van der Waals surface area contributed by atoms with Crippen LogP contribution in [0.2, 0.25) is 0 Å². The van der Waals surface area contributed by atoms with Crippen LogP contribution < -0.4 is 14.8 Å². The quantitative estimate of drug-likeness (QED) is 0.590. The molecule has 11 heteroatoms. The zero-order valence-electron chi connectivity index (χ0n) is 14.6. The zero-order valence-corrected chi connectivity index (χ0v) is 16.2. The van der Waals surface area contributed by atoms with Gasteiger partial charge in [-0.25, -0.2) is 16.8 Å². The molecule has 0 radical (unpaired) electrons. The summed E-state index contributed by atoms with van der Waals surface area (Å²) in [5.41, 5.74) is 0. The van der Waals surface area contributed by atoms with E-state index in [1.54, 1.807) is 0 Å². The van der Waals surface area contributed by atoms with Crippen molar-refractivity contribution in [2.75, 3.05) is 39.4 Å². The molecule has 0 amide bonds. The van der Waals surface area contributed by atoms with E-state index in [2.05, 4.69) is 10.1 Å². The Labute approximate surface area is 152 Å². The molecule has 2 atom stereocenters. The van der Waals surface area contributed by atoms with Crippen LogP contribution in [-0.4, -0.2) is 73.5 Å². The summed E-state index contributed by atoms with van der Waals surface area (Å²) in [4.78, 5) is 11.2. The van der Waals surface area contributed by atoms with Crippen molar-refractivity contribution in [2.45, 2.75) is 16.2 Å². The van der Waals surface area contributed by atoms with Crippen molar-refractivity contribution in [1.82, 2.24) is 5.32 Å². The lowest BCUT2D eigenvalue weighted by molar-refractivity contribution is -0.139. The normalized spacial score (nSPS) is 22.0. The first kappa shape index (κ1) is 20.5. The van der Waals surface area contributed by atoms with Gasteiger partial charge in [-0.3, -0.25) is 4.79 Å². The van der Waals surface area contributed by atoms with Gasteiger partial charge < -0.3 is 19.5 Å². The highest BCUT2D eigenvalue weighted by Crippen LogP contribution is 2.33. The van der Waals surface area contributed by atoms with Gasteiger partial charge in [-0.1, -0.05) is 0 Å². The summed E-state index contributed by atoms with van der Waals surface area (Å²) in [6.07, 6.45) is 0. The number of hydrogen-bond acceptors (Lipinski definition) is 9. The standard InChI is InChI=1S/C15H21NO8S2/c1-22-12-5-4-10(6-13(12)23-2)26(20,21)14-9-25(18,19)8-11(14)16-7-15(17)24-3/h4-6,11,14,16H,7-9H2,1-3H3/t11-,14-/m0/s1. The highest BCUT2D eigenvalue weighted by Gasteiger charge is 2.46. The SMILES string of the molecule is COC(=O)CN[C@H]1CS(=O)(=O)C[C@@H]1S(=O)(=O)c1ccc(OC)c(OC)c1. The summed E-state index contributed by atoms with van der Waals surface area (Å²) in [5.74, 6) is -0.945. The van der Waals surface area contributed by atoms with Gasteiger partial charge in [0.05, 0.1) is 49.5 Å². The monoisotopic (exact) mass is 407 g/mol. The van der Waals surface area contributed by atoms with Crippen molar-refractivity contribution in [1.29, 1.82) is 0 Å². The van der Waals surface area contributed by atoms with E-state index in [0.29, 0.717) is 5.75 Å². The van der Waals surface area contributed by atoms with E-state index in [1.807, 2.05) is 0 Å². The third-order valence-electron chi connectivity index (χ3n) is 4.12. The lowest BCUT2D eigenvalue weighted by Crippen LogP contribution is -2.45. The number of carbonyl (C=O) groups excluding carboxylic acids is 1. The van der Waals surface area contributed by atoms with Crippen LogP contribution in [-0.2, 0) is 29.2 Å². The molecule has 146 valence electrons. The second-order valence-electron chi connectivity index (χ2n) is 5.74. The second-order valence-corrected chi connectivity index (χ2v) is 10.1. The van der Waals surface area contributed by atoms with Gasteiger partial charge in [0.1, 0.15) is 0 Å². The van der Waals surface area contributed by atoms with E-state index < -0.39 is 42.7 Å². The van der Waals surface area contributed by atoms with Crippen molar-refractivity contribution >= 4 is 25.6 Å². The summed E-state index contributed by atoms with van der Waals surface area (Å²) >= 11 is 0. The number of esters is 1. The van der Waals surface area contributed by atoms with Gasteiger partial charge in [0.15, 0.2) is 31.2 Å². The maximum atomic E-state index is 13.0. The Morgan fingerprint density at radius 1 is 1.15 bits per heavy atom. The van der Waals surface area contributed by atoms with E-state index in [9.17, 15) is 21.6 Å². The van der Waals surface area contributed by atoms with Crippen LogP contribution in [0.5, 0.6) is 11.5 Å². The first-order chi connectivity index (χ1) is 12.1. The molecule has 1 aliphatic rings. The van der Waals surface area contributed by atoms with Crippen molar-refractivity contribution in [3.8, 4) is 11.5 Å². The maximum absolute atomic E-state index is 13.0. The molecule has 0 saturated carbocycles. The van der Waals surface area contributed by atoms with Crippen molar-refractivity contribution < 1.29 is 35.8 Å². The average molecular weight is 407 g/mol. The van der Waals surface area contributed by atoms with Gasteiger partial charge in [-0.2, -0.15) is 0 Å². The lowest BCUT2D eigenvalue weighted by Gasteiger charge is -2.20. The van der Waals surface area contributed by atoms with Crippen LogP contribution in [0.25, 0.3) is 0 Å². The number of nitrogens with one attached hydrogen (secondary N) is 1. The third kappa shape index (κ3) is 4.27. The van der Waals surface area contributed by atoms with Crippen LogP contribution in [0, 0.1) is 0 Å². The van der Waals surface area contributed by atoms with Gasteiger partial charge >= 0.3 is 5.97 Å². The Morgan fingerprint density at radius 3 is 2.38 bits per heavy atom. The van der Waals surface area contributed by atoms with Crippen LogP contribution in [0.4, 0.5) is 0 Å². The largest absolute Gasteiger partial charge is 0.493 e. The Morgan fingerprint density at radius 2 is 1.81 bits per heavy atom. The van der Waals surface area contributed by atoms with E-state index in [1.165, 1.54) is 39.5 Å². The van der Waals surface area contributed by atoms with Crippen LogP contribution in [0.1, 0.15) is 0 Å². The first-order valence-electron chi connectivity index (χ1n) is 7.61. The minimum absolute atomic E-state index is 0.0814. The number of hydrogen-bond donors (Lipinski definition) is 1. The first-order valence-corrected chi connectivity index (χ1v) is 11.0. The molecule has 1 aliphatic heterocycles. The molecule has 1 heterocycles. The molecular formula is C15H21NO8S2. The molecule has 1 N–H and O–H groups in total. The summed E-state index contributed by atoms with van der Waals surface area (Å²) in [5, 5.41) is 1.45. The smallest absolute Gasteiger partial charge is 0.319 e. The molecule has 0 bridgehead atoms. The summed E-state index contributed by atoms with van der Waals surface area (Å²) in [7, 11) is -3.59. The Bertz CT molecular complexity index is 879. The highest BCUT2D eigenvalue weighted by molar-refractivity contribution is 7.96. The Hall–Kier alpha value is -1.85. The fourth-order valence-electron chi connectivity index (χ4n) is 2.77. The van der Waals surface area contributed by atoms with E-state index in [-0.39, 0.29) is 22.9 Å². The average Bonchev–Trinajstić information content (AvgIpc) is 2.94. The molecule has 0 unspecified atom stereocenters. The summed E-state index contributed by atoms with van der Waals surface area (Å²) in [6, 6.07) is 3.14. The Kier molecular flexibility index (Phi) is 6.14. The van der Waals surface area contributed by atoms with Crippen molar-refractivity contribution in [2.24, 2.45) is 0 Å². The van der Waals surface area contributed by atoms with E-state index >= 15 is 0 Å². The lowest BCUT2D eigenvalue weighted by atomic mass is 10.2. The van der Waals surface area contributed by atoms with Gasteiger partial charge in [-0.15, -0.1) is 0 Å². The van der Waals surface area contributed by atoms with E-state index in [0.717, 1.165) is 0 Å². The van der Waals surface area contributed by atoms with Gasteiger partial charge in [0.25, 0.3) is 0 Å². The van der Waals surface area contributed by atoms with Crippen LogP contribution >= 0.6 is 0 Å².